The molecule has 0 aliphatic heterocycles. The Balaban J connectivity index is 2.40. The number of nitro groups is 1. The average molecular weight is 303 g/mol. The van der Waals surface area contributed by atoms with E-state index in [-0.39, 0.29) is 10.7 Å². The SMILES string of the molecule is Cc1cc(C)c([N+](=O)[O-])cc1Oc1ccc(C#N)c(Cl)c1. The minimum absolute atomic E-state index is 0.00431. The third-order valence-corrected chi connectivity index (χ3v) is 3.29. The molecule has 0 saturated heterocycles. The van der Waals surface area contributed by atoms with Gasteiger partial charge in [0.1, 0.15) is 17.6 Å². The Hall–Kier alpha value is -2.58. The largest absolute Gasteiger partial charge is 0.457 e. The summed E-state index contributed by atoms with van der Waals surface area (Å²) >= 11 is 5.93. The molecule has 106 valence electrons. The molecule has 0 aliphatic rings. The van der Waals surface area contributed by atoms with Gasteiger partial charge in [0.05, 0.1) is 21.6 Å². The fourth-order valence-corrected chi connectivity index (χ4v) is 2.12. The number of nitriles is 1. The van der Waals surface area contributed by atoms with Crippen LogP contribution in [0.2, 0.25) is 5.02 Å². The lowest BCUT2D eigenvalue weighted by molar-refractivity contribution is -0.385. The first-order chi connectivity index (χ1) is 9.92. The molecule has 0 spiro atoms. The van der Waals surface area contributed by atoms with Gasteiger partial charge in [0.15, 0.2) is 0 Å². The minimum atomic E-state index is -0.451. The van der Waals surface area contributed by atoms with Crippen molar-refractivity contribution in [2.75, 3.05) is 0 Å². The summed E-state index contributed by atoms with van der Waals surface area (Å²) in [6.07, 6.45) is 0. The van der Waals surface area contributed by atoms with Crippen LogP contribution < -0.4 is 4.74 Å². The number of hydrogen-bond donors (Lipinski definition) is 0. The first-order valence-corrected chi connectivity index (χ1v) is 6.43. The monoisotopic (exact) mass is 302 g/mol. The van der Waals surface area contributed by atoms with Gasteiger partial charge in [-0.25, -0.2) is 0 Å². The number of ether oxygens (including phenoxy) is 1. The van der Waals surface area contributed by atoms with E-state index in [1.54, 1.807) is 26.0 Å². The van der Waals surface area contributed by atoms with E-state index >= 15 is 0 Å². The van der Waals surface area contributed by atoms with Crippen molar-refractivity contribution in [3.05, 3.63) is 62.2 Å². The summed E-state index contributed by atoms with van der Waals surface area (Å²) in [7, 11) is 0. The molecule has 0 fully saturated rings. The lowest BCUT2D eigenvalue weighted by atomic mass is 10.1. The van der Waals surface area contributed by atoms with Gasteiger partial charge in [-0.2, -0.15) is 5.26 Å². The van der Waals surface area contributed by atoms with Crippen LogP contribution in [0.5, 0.6) is 11.5 Å². The Kier molecular flexibility index (Phi) is 4.10. The van der Waals surface area contributed by atoms with Crippen molar-refractivity contribution in [1.82, 2.24) is 0 Å². The van der Waals surface area contributed by atoms with Crippen LogP contribution >= 0.6 is 11.6 Å². The van der Waals surface area contributed by atoms with Gasteiger partial charge in [-0.1, -0.05) is 11.6 Å². The summed E-state index contributed by atoms with van der Waals surface area (Å²) in [4.78, 5) is 10.5. The second-order valence-electron chi connectivity index (χ2n) is 4.52. The number of benzene rings is 2. The summed E-state index contributed by atoms with van der Waals surface area (Å²) in [5, 5.41) is 20.1. The van der Waals surface area contributed by atoms with Crippen molar-refractivity contribution in [3.63, 3.8) is 0 Å². The Bertz CT molecular complexity index is 766. The van der Waals surface area contributed by atoms with Crippen LogP contribution in [0, 0.1) is 35.3 Å². The zero-order chi connectivity index (χ0) is 15.6. The van der Waals surface area contributed by atoms with E-state index in [4.69, 9.17) is 21.6 Å². The maximum Gasteiger partial charge on any atom is 0.276 e. The predicted molar refractivity (Wildman–Crippen MR) is 78.8 cm³/mol. The second-order valence-corrected chi connectivity index (χ2v) is 4.92. The molecule has 2 aromatic carbocycles. The highest BCUT2D eigenvalue weighted by atomic mass is 35.5. The van der Waals surface area contributed by atoms with E-state index in [1.807, 2.05) is 6.07 Å². The molecular weight excluding hydrogens is 292 g/mol. The lowest BCUT2D eigenvalue weighted by Gasteiger charge is -2.10. The molecule has 0 heterocycles. The van der Waals surface area contributed by atoms with Crippen LogP contribution in [0.1, 0.15) is 16.7 Å². The summed E-state index contributed by atoms with van der Waals surface area (Å²) < 4.78 is 5.64. The first kappa shape index (κ1) is 14.8. The van der Waals surface area contributed by atoms with Gasteiger partial charge in [-0.05, 0) is 37.6 Å². The van der Waals surface area contributed by atoms with Crippen molar-refractivity contribution in [3.8, 4) is 17.6 Å². The zero-order valence-corrected chi connectivity index (χ0v) is 12.1. The number of aryl methyl sites for hydroxylation is 2. The van der Waals surface area contributed by atoms with Crippen molar-refractivity contribution in [1.29, 1.82) is 5.26 Å². The molecule has 0 atom stereocenters. The van der Waals surface area contributed by atoms with Crippen molar-refractivity contribution in [2.45, 2.75) is 13.8 Å². The average Bonchev–Trinajstić information content (AvgIpc) is 2.41. The quantitative estimate of drug-likeness (QED) is 0.616. The highest BCUT2D eigenvalue weighted by Gasteiger charge is 2.15. The molecule has 0 amide bonds. The van der Waals surface area contributed by atoms with Crippen LogP contribution in [-0.2, 0) is 0 Å². The molecule has 2 aromatic rings. The fraction of sp³-hybridized carbons (Fsp3) is 0.133. The maximum absolute atomic E-state index is 11.0. The molecule has 0 saturated carbocycles. The van der Waals surface area contributed by atoms with Crippen LogP contribution in [0.3, 0.4) is 0 Å². The number of rotatable bonds is 3. The van der Waals surface area contributed by atoms with E-state index < -0.39 is 4.92 Å². The van der Waals surface area contributed by atoms with Crippen LogP contribution in [0.4, 0.5) is 5.69 Å². The highest BCUT2D eigenvalue weighted by molar-refractivity contribution is 6.31. The molecular formula is C15H11ClN2O3. The molecule has 6 heteroatoms. The fourth-order valence-electron chi connectivity index (χ4n) is 1.91. The van der Waals surface area contributed by atoms with E-state index in [0.717, 1.165) is 5.56 Å². The molecule has 0 aliphatic carbocycles. The van der Waals surface area contributed by atoms with E-state index in [1.165, 1.54) is 18.2 Å². The smallest absolute Gasteiger partial charge is 0.276 e. The third kappa shape index (κ3) is 3.12. The van der Waals surface area contributed by atoms with Crippen LogP contribution in [0.15, 0.2) is 30.3 Å². The van der Waals surface area contributed by atoms with Crippen LogP contribution in [-0.4, -0.2) is 4.92 Å². The number of hydrogen-bond acceptors (Lipinski definition) is 4. The molecule has 2 rings (SSSR count). The molecule has 0 radical (unpaired) electrons. The standard InChI is InChI=1S/C15H11ClN2O3/c1-9-5-10(2)15(7-14(9)18(19)20)21-12-4-3-11(8-17)13(16)6-12/h3-7H,1-2H3. The topological polar surface area (TPSA) is 76.2 Å². The summed E-state index contributed by atoms with van der Waals surface area (Å²) in [6, 6.07) is 9.67. The Morgan fingerprint density at radius 1 is 1.24 bits per heavy atom. The number of nitro benzene ring substituents is 1. The summed E-state index contributed by atoms with van der Waals surface area (Å²) in [6.45, 7) is 3.48. The van der Waals surface area contributed by atoms with Gasteiger partial charge >= 0.3 is 0 Å². The van der Waals surface area contributed by atoms with Crippen molar-refractivity contribution >= 4 is 17.3 Å². The van der Waals surface area contributed by atoms with Crippen LogP contribution in [0.25, 0.3) is 0 Å². The highest BCUT2D eigenvalue weighted by Crippen LogP contribution is 2.32. The lowest BCUT2D eigenvalue weighted by Crippen LogP contribution is -1.95. The Morgan fingerprint density at radius 2 is 1.95 bits per heavy atom. The van der Waals surface area contributed by atoms with Gasteiger partial charge < -0.3 is 4.74 Å². The number of nitrogens with zero attached hydrogens (tertiary/aromatic N) is 2. The maximum atomic E-state index is 11.0. The molecule has 0 aromatic heterocycles. The zero-order valence-electron chi connectivity index (χ0n) is 11.4. The van der Waals surface area contributed by atoms with Gasteiger partial charge in [0.2, 0.25) is 0 Å². The van der Waals surface area contributed by atoms with Gasteiger partial charge in [0, 0.05) is 11.6 Å². The van der Waals surface area contributed by atoms with E-state index in [9.17, 15) is 10.1 Å². The molecule has 0 unspecified atom stereocenters. The van der Waals surface area contributed by atoms with Gasteiger partial charge in [0.25, 0.3) is 5.69 Å². The number of halogens is 1. The van der Waals surface area contributed by atoms with Gasteiger partial charge in [-0.3, -0.25) is 10.1 Å². The molecule has 0 bridgehead atoms. The first-order valence-electron chi connectivity index (χ1n) is 6.05. The Labute approximate surface area is 126 Å². The van der Waals surface area contributed by atoms with Crippen molar-refractivity contribution in [2.24, 2.45) is 0 Å². The summed E-state index contributed by atoms with van der Waals surface area (Å²) in [5.74, 6) is 0.799. The van der Waals surface area contributed by atoms with Crippen molar-refractivity contribution < 1.29 is 9.66 Å². The molecule has 5 nitrogen and oxygen atoms in total. The molecule has 0 N–H and O–H groups in total. The molecule has 21 heavy (non-hydrogen) atoms. The summed E-state index contributed by atoms with van der Waals surface area (Å²) in [5.41, 5.74) is 1.69. The minimum Gasteiger partial charge on any atom is -0.457 e. The van der Waals surface area contributed by atoms with E-state index in [2.05, 4.69) is 0 Å². The normalized spacial score (nSPS) is 10.0. The predicted octanol–water partition coefficient (Wildman–Crippen LogP) is 4.53. The second kappa shape index (κ2) is 5.81. The third-order valence-electron chi connectivity index (χ3n) is 2.98. The Morgan fingerprint density at radius 3 is 2.52 bits per heavy atom. The van der Waals surface area contributed by atoms with Gasteiger partial charge in [-0.15, -0.1) is 0 Å². The van der Waals surface area contributed by atoms with E-state index in [0.29, 0.717) is 22.6 Å².